The number of H-pyrrole nitrogens is 1. The van der Waals surface area contributed by atoms with Gasteiger partial charge in [-0.15, -0.1) is 0 Å². The molecule has 31 aromatic carbocycles. The molecule has 1 aromatic heterocycles. The van der Waals surface area contributed by atoms with Crippen LogP contribution in [0.25, 0.3) is 291 Å². The Hall–Kier alpha value is -12.0. The molecule has 0 bridgehead atoms. The second kappa shape index (κ2) is 13.5. The number of carbonyl (C=O) groups is 1. The lowest BCUT2D eigenvalue weighted by Gasteiger charge is -2.40. The molecule has 2 fully saturated rings. The number of ether oxygens (including phenoxy) is 5. The number of nitrogens with zero attached hydrogens (tertiary/aromatic N) is 1. The highest BCUT2D eigenvalue weighted by atomic mass is 28.4. The van der Waals surface area contributed by atoms with Crippen LogP contribution in [0.15, 0.2) is 101 Å². The summed E-state index contributed by atoms with van der Waals surface area (Å²) in [6.07, 6.45) is -2.97. The molecule has 504 valence electrons. The molecule has 38 rings (SSSR count). The molecule has 0 unspecified atom stereocenters. The molecule has 5 aliphatic carbocycles. The number of hydrogen-bond donors (Lipinski definition) is 1. The van der Waals surface area contributed by atoms with Crippen LogP contribution in [0, 0.1) is 5.92 Å². The Morgan fingerprint density at radius 1 is 0.409 bits per heavy atom. The second-order valence-corrected chi connectivity index (χ2v) is 42.2. The molecule has 110 heavy (non-hydrogen) atoms. The number of rotatable bonds is 13. The Balaban J connectivity index is 0.690. The highest BCUT2D eigenvalue weighted by Gasteiger charge is 2.89. The van der Waals surface area contributed by atoms with Gasteiger partial charge in [-0.05, 0) is 372 Å². The lowest BCUT2D eigenvalue weighted by Crippen LogP contribution is -2.51. The lowest BCUT2D eigenvalue weighted by atomic mass is 9.68. The number of aromatic amines is 1. The predicted octanol–water partition coefficient (Wildman–Crippen LogP) is 21.7. The van der Waals surface area contributed by atoms with Crippen molar-refractivity contribution in [2.75, 3.05) is 20.8 Å². The molecular formula is C98H44N2O9Si. The van der Waals surface area contributed by atoms with Crippen LogP contribution in [0.4, 0.5) is 0 Å². The van der Waals surface area contributed by atoms with Gasteiger partial charge in [0, 0.05) is 12.3 Å². The van der Waals surface area contributed by atoms with Gasteiger partial charge in [-0.1, -0.05) is 75.4 Å². The highest BCUT2D eigenvalue weighted by molar-refractivity contribution is 6.83. The van der Waals surface area contributed by atoms with E-state index in [2.05, 4.69) is 75.2 Å². The molecule has 1 saturated carbocycles. The van der Waals surface area contributed by atoms with Crippen molar-refractivity contribution in [3.8, 4) is 11.5 Å². The van der Waals surface area contributed by atoms with Crippen molar-refractivity contribution in [1.29, 1.82) is 0 Å². The minimum absolute atomic E-state index is 0.139. The van der Waals surface area contributed by atoms with Crippen LogP contribution in [-0.4, -0.2) is 63.0 Å². The summed E-state index contributed by atoms with van der Waals surface area (Å²) in [7, 11) is 0.390. The summed E-state index contributed by atoms with van der Waals surface area (Å²) in [6, 6.07) is 27.7. The SMILES string of the molecule is COc1ccc(C(OC[C@H]2O[C@@H](n3ccc(=O)[nH]c3=O)[C@H](O[Si](C)(C)C(C)(C)C)[C@@H]2OC(=O)C2C34c5c6c7c8c9c%10c(c%11c%12c3c3c5c5c%13c6c6c7c7c9c9c%14c%10c%10c%11c%11c%12c%12c3c3c5c5c%13c%13c6c6c7c9c7c9c%14c%10c%10c%11c%11c%12c3c3c5c5c%13c6c7c6c9c%10c%11c3c56)C824)(c2ccccc2)c2ccc(OC)cc2)cc1. The molecule has 11 nitrogen and oxygen atoms in total. The standard InChI is InChI=1S/C98H44N2O9Si/c1-95(2,3)110(6,7)109-90-89(29(107-92(90)100-22-21-30(101)99-94(100)103)23-106-98(24-11-9-8-10-12-24,25-13-17-27(104-4)18-14-25)26-15-19-28(105-5)20-16-26)108-93(102)91-96-85-77-69-59-49-41-33-31-32-35-39-37(33)45-53-47(39)57-51-43(35)44-36(32)40-38-34(31)42(41)50-56-46(38)54-48(40)58-52(44)62-61(51)71-65(57)75-67(53)73(63(69)55(45)49)81(85)83(75)87-79(71)80-72(62)66(58)76-68(54)74-64(56)70(60(50)59)78(77)86(96)82(74)84(76)88(80)97(87,91)96/h8-22,29,89-92H,23H2,1-7H3,(H,99,101,103)/t29-,89-,90-,91?,92-,96?,97?/m1/s1. The average molecular weight is 1420 g/mol. The zero-order valence-corrected chi connectivity index (χ0v) is 60.4. The zero-order valence-electron chi connectivity index (χ0n) is 59.4. The topological polar surface area (TPSA) is 127 Å². The van der Waals surface area contributed by atoms with Crippen molar-refractivity contribution in [2.24, 2.45) is 5.92 Å². The first kappa shape index (κ1) is 51.3. The number of methoxy groups -OCH3 is 2. The first-order chi connectivity index (χ1) is 53.8. The molecule has 1 aliphatic heterocycles. The van der Waals surface area contributed by atoms with Crippen LogP contribution in [0.1, 0.15) is 65.9 Å². The normalized spacial score (nSPS) is 22.8. The Bertz CT molecular complexity index is 9080. The van der Waals surface area contributed by atoms with Crippen LogP contribution in [0.5, 0.6) is 11.5 Å². The predicted molar refractivity (Wildman–Crippen MR) is 443 cm³/mol. The fourth-order valence-corrected chi connectivity index (χ4v) is 32.0. The summed E-state index contributed by atoms with van der Waals surface area (Å²) in [4.78, 5) is 49.5. The average Bonchev–Trinajstić information content (AvgIpc) is 1.36. The third-order valence-corrected chi connectivity index (χ3v) is 38.5. The van der Waals surface area contributed by atoms with Crippen LogP contribution < -0.4 is 20.7 Å². The quantitative estimate of drug-likeness (QED) is 0.0519. The first-order valence-corrected chi connectivity index (χ1v) is 42.3. The third-order valence-electron chi connectivity index (χ3n) is 34.0. The van der Waals surface area contributed by atoms with E-state index in [1.807, 2.05) is 42.5 Å². The maximum Gasteiger partial charge on any atom is 0.330 e. The summed E-state index contributed by atoms with van der Waals surface area (Å²) in [5.74, 6) is 0.358. The van der Waals surface area contributed by atoms with Crippen molar-refractivity contribution in [2.45, 2.75) is 79.9 Å². The molecule has 4 atom stereocenters. The van der Waals surface area contributed by atoms with Gasteiger partial charge in [0.25, 0.3) is 5.56 Å². The van der Waals surface area contributed by atoms with Crippen molar-refractivity contribution in [3.63, 3.8) is 0 Å². The van der Waals surface area contributed by atoms with E-state index in [9.17, 15) is 9.59 Å². The smallest absolute Gasteiger partial charge is 0.330 e. The van der Waals surface area contributed by atoms with Crippen molar-refractivity contribution < 1.29 is 32.9 Å². The number of esters is 1. The van der Waals surface area contributed by atoms with Gasteiger partial charge in [-0.25, -0.2) is 4.79 Å². The first-order valence-electron chi connectivity index (χ1n) is 39.4. The minimum Gasteiger partial charge on any atom is -0.497 e. The zero-order chi connectivity index (χ0) is 70.3. The number of nitrogens with one attached hydrogen (secondary N) is 1. The summed E-state index contributed by atoms with van der Waals surface area (Å²) >= 11 is 0. The largest absolute Gasteiger partial charge is 0.497 e. The maximum absolute atomic E-state index is 18.7. The Labute approximate surface area is 612 Å². The van der Waals surface area contributed by atoms with Gasteiger partial charge in [0.15, 0.2) is 20.6 Å². The molecule has 1 saturated heterocycles. The van der Waals surface area contributed by atoms with E-state index in [-0.39, 0.29) is 17.6 Å². The number of hydrogen-bond acceptors (Lipinski definition) is 9. The third kappa shape index (κ3) is 3.73. The van der Waals surface area contributed by atoms with Gasteiger partial charge < -0.3 is 28.1 Å². The summed E-state index contributed by atoms with van der Waals surface area (Å²) in [5.41, 5.74) is 3.74. The van der Waals surface area contributed by atoms with E-state index in [0.717, 1.165) is 16.7 Å². The van der Waals surface area contributed by atoms with Crippen molar-refractivity contribution in [1.82, 2.24) is 9.55 Å². The molecule has 2 spiro atoms. The van der Waals surface area contributed by atoms with Gasteiger partial charge in [0.05, 0.1) is 37.6 Å². The maximum atomic E-state index is 18.7. The van der Waals surface area contributed by atoms with Gasteiger partial charge in [0.1, 0.15) is 29.3 Å². The van der Waals surface area contributed by atoms with Crippen LogP contribution >= 0.6 is 0 Å². The van der Waals surface area contributed by atoms with Gasteiger partial charge >= 0.3 is 11.7 Å². The lowest BCUT2D eigenvalue weighted by molar-refractivity contribution is -0.161. The fraction of sp³-hybridized carbons (Fsp3) is 0.173. The summed E-state index contributed by atoms with van der Waals surface area (Å²) in [6.45, 7) is 10.9. The summed E-state index contributed by atoms with van der Waals surface area (Å²) < 4.78 is 44.7. The molecule has 32 aromatic rings. The second-order valence-electron chi connectivity index (χ2n) is 37.4. The summed E-state index contributed by atoms with van der Waals surface area (Å²) in [5, 5.41) is 80.0. The molecule has 6 aliphatic rings. The monoisotopic (exact) mass is 1420 g/mol. The van der Waals surface area contributed by atoms with Crippen molar-refractivity contribution >= 4 is 305 Å². The van der Waals surface area contributed by atoms with Gasteiger partial charge in [-0.3, -0.25) is 19.1 Å². The van der Waals surface area contributed by atoms with E-state index in [4.69, 9.17) is 28.1 Å². The van der Waals surface area contributed by atoms with Crippen LogP contribution in [-0.2, 0) is 39.9 Å². The van der Waals surface area contributed by atoms with E-state index in [1.165, 1.54) is 276 Å². The molecule has 0 radical (unpaired) electrons. The van der Waals surface area contributed by atoms with E-state index in [1.54, 1.807) is 68.1 Å². The number of aromatic nitrogens is 2. The van der Waals surface area contributed by atoms with Crippen LogP contribution in [0.2, 0.25) is 18.1 Å². The van der Waals surface area contributed by atoms with E-state index in [0.29, 0.717) is 11.5 Å². The van der Waals surface area contributed by atoms with Gasteiger partial charge in [0.2, 0.25) is 0 Å². The molecule has 2 heterocycles. The number of benzene rings is 21. The Kier molecular flexibility index (Phi) is 6.31. The fourth-order valence-electron chi connectivity index (χ4n) is 30.7. The molecule has 1 N–H and O–H groups in total. The molecular weight excluding hydrogens is 1380 g/mol. The molecule has 12 heteroatoms. The van der Waals surface area contributed by atoms with E-state index < -0.39 is 66.5 Å². The van der Waals surface area contributed by atoms with Crippen LogP contribution in [0.3, 0.4) is 0 Å². The van der Waals surface area contributed by atoms with Crippen molar-refractivity contribution in [3.05, 3.63) is 151 Å². The number of carbonyl (C=O) groups excluding carboxylic acids is 1. The minimum atomic E-state index is -2.95. The Morgan fingerprint density at radius 3 is 0.982 bits per heavy atom. The highest BCUT2D eigenvalue weighted by Crippen LogP contribution is 2.93. The van der Waals surface area contributed by atoms with E-state index >= 15 is 4.79 Å². The Morgan fingerprint density at radius 2 is 0.700 bits per heavy atom. The molecule has 0 amide bonds. The van der Waals surface area contributed by atoms with Gasteiger partial charge in [-0.2, -0.15) is 0 Å².